The van der Waals surface area contributed by atoms with Gasteiger partial charge in [-0.2, -0.15) is 5.26 Å². The van der Waals surface area contributed by atoms with Crippen LogP contribution in [0.25, 0.3) is 44.9 Å². The lowest BCUT2D eigenvalue weighted by Gasteiger charge is -2.50. The molecule has 202 valence electrons. The minimum absolute atomic E-state index is 0.300. The third kappa shape index (κ3) is 4.91. The van der Waals surface area contributed by atoms with Crippen LogP contribution in [0.3, 0.4) is 0 Å². The quantitative estimate of drug-likeness (QED) is 0.231. The Labute approximate surface area is 242 Å². The first-order chi connectivity index (χ1) is 20.0. The van der Waals surface area contributed by atoms with Gasteiger partial charge in [-0.25, -0.2) is 15.0 Å². The van der Waals surface area contributed by atoms with Gasteiger partial charge in [0.25, 0.3) is 0 Å². The van der Waals surface area contributed by atoms with E-state index in [1.54, 1.807) is 0 Å². The van der Waals surface area contributed by atoms with Crippen LogP contribution in [0.2, 0.25) is 0 Å². The molecule has 1 heterocycles. The monoisotopic (exact) mass is 534 g/mol. The fourth-order valence-electron chi connectivity index (χ4n) is 7.84. The van der Waals surface area contributed by atoms with Gasteiger partial charge in [0, 0.05) is 16.7 Å². The molecule has 4 aromatic carbocycles. The molecule has 2 aliphatic rings. The molecule has 4 atom stereocenters. The maximum Gasteiger partial charge on any atom is 0.164 e. The summed E-state index contributed by atoms with van der Waals surface area (Å²) >= 11 is 0. The Bertz CT molecular complexity index is 1750. The minimum atomic E-state index is 0.300. The maximum absolute atomic E-state index is 9.29. The fraction of sp³-hybridized carbons (Fsp3) is 0.297. The van der Waals surface area contributed by atoms with Crippen molar-refractivity contribution in [3.8, 4) is 40.2 Å². The molecule has 4 heteroatoms. The summed E-state index contributed by atoms with van der Waals surface area (Å²) in [6.45, 7) is 4.88. The SMILES string of the molecule is CC1CC2C[C@@H](C)CC(c3ccc(-c4nc(-c5ccccc5)nc(-c5ccc6cc(C#N)ccc6c5)n4)cc3)(C1)C2. The van der Waals surface area contributed by atoms with E-state index in [9.17, 15) is 5.26 Å². The molecule has 0 aliphatic heterocycles. The van der Waals surface area contributed by atoms with Crippen LogP contribution < -0.4 is 0 Å². The molecule has 41 heavy (non-hydrogen) atoms. The highest BCUT2D eigenvalue weighted by atomic mass is 15.0. The van der Waals surface area contributed by atoms with Gasteiger partial charge in [-0.3, -0.25) is 0 Å². The van der Waals surface area contributed by atoms with Crippen LogP contribution in [0.4, 0.5) is 0 Å². The van der Waals surface area contributed by atoms with Crippen LogP contribution in [0.15, 0.2) is 91.0 Å². The first-order valence-corrected chi connectivity index (χ1v) is 14.8. The highest BCUT2D eigenvalue weighted by molar-refractivity contribution is 5.87. The summed E-state index contributed by atoms with van der Waals surface area (Å²) in [5, 5.41) is 11.4. The summed E-state index contributed by atoms with van der Waals surface area (Å²) in [6.07, 6.45) is 6.67. The van der Waals surface area contributed by atoms with Gasteiger partial charge >= 0.3 is 0 Å². The Morgan fingerprint density at radius 2 is 1.20 bits per heavy atom. The number of hydrogen-bond acceptors (Lipinski definition) is 4. The molecule has 1 aromatic heterocycles. The largest absolute Gasteiger partial charge is 0.208 e. The number of fused-ring (bicyclic) bond motifs is 3. The van der Waals surface area contributed by atoms with E-state index in [1.165, 1.54) is 37.7 Å². The van der Waals surface area contributed by atoms with E-state index < -0.39 is 0 Å². The highest BCUT2D eigenvalue weighted by Gasteiger charge is 2.45. The van der Waals surface area contributed by atoms with Gasteiger partial charge in [0.15, 0.2) is 17.5 Å². The van der Waals surface area contributed by atoms with E-state index in [0.717, 1.165) is 45.2 Å². The second-order valence-corrected chi connectivity index (χ2v) is 12.6. The lowest BCUT2D eigenvalue weighted by molar-refractivity contribution is 0.0780. The first-order valence-electron chi connectivity index (χ1n) is 14.8. The van der Waals surface area contributed by atoms with Gasteiger partial charge < -0.3 is 0 Å². The minimum Gasteiger partial charge on any atom is -0.208 e. The van der Waals surface area contributed by atoms with Gasteiger partial charge in [-0.1, -0.05) is 86.6 Å². The lowest BCUT2D eigenvalue weighted by Crippen LogP contribution is -2.42. The summed E-state index contributed by atoms with van der Waals surface area (Å²) in [4.78, 5) is 14.9. The molecule has 2 bridgehead atoms. The van der Waals surface area contributed by atoms with Gasteiger partial charge in [0.1, 0.15) is 0 Å². The average molecular weight is 535 g/mol. The summed E-state index contributed by atoms with van der Waals surface area (Å²) in [5.74, 6) is 4.42. The maximum atomic E-state index is 9.29. The first kappa shape index (κ1) is 25.6. The average Bonchev–Trinajstić information content (AvgIpc) is 3.00. The smallest absolute Gasteiger partial charge is 0.164 e. The number of nitrogens with zero attached hydrogens (tertiary/aromatic N) is 4. The Hall–Kier alpha value is -4.36. The molecule has 7 rings (SSSR count). The van der Waals surface area contributed by atoms with Crippen molar-refractivity contribution < 1.29 is 0 Å². The molecule has 3 unspecified atom stereocenters. The second kappa shape index (κ2) is 10.2. The van der Waals surface area contributed by atoms with Crippen LogP contribution in [0.5, 0.6) is 0 Å². The van der Waals surface area contributed by atoms with Crippen LogP contribution in [-0.4, -0.2) is 15.0 Å². The predicted molar refractivity (Wildman–Crippen MR) is 165 cm³/mol. The van der Waals surface area contributed by atoms with Crippen LogP contribution >= 0.6 is 0 Å². The molecule has 0 amide bonds. The Kier molecular flexibility index (Phi) is 6.39. The van der Waals surface area contributed by atoms with E-state index in [1.807, 2.05) is 60.7 Å². The Morgan fingerprint density at radius 3 is 1.85 bits per heavy atom. The zero-order valence-corrected chi connectivity index (χ0v) is 23.7. The normalized spacial score (nSPS) is 23.7. The molecule has 2 aliphatic carbocycles. The van der Waals surface area contributed by atoms with Crippen molar-refractivity contribution in [1.82, 2.24) is 15.0 Å². The van der Waals surface area contributed by atoms with Gasteiger partial charge in [0.05, 0.1) is 11.6 Å². The number of rotatable bonds is 4. The van der Waals surface area contributed by atoms with Crippen LogP contribution in [-0.2, 0) is 5.41 Å². The number of nitriles is 1. The molecule has 4 nitrogen and oxygen atoms in total. The fourth-order valence-corrected chi connectivity index (χ4v) is 7.84. The van der Waals surface area contributed by atoms with Crippen molar-refractivity contribution in [2.45, 2.75) is 51.4 Å². The van der Waals surface area contributed by atoms with Crippen LogP contribution in [0.1, 0.15) is 57.1 Å². The lowest BCUT2D eigenvalue weighted by atomic mass is 9.54. The second-order valence-electron chi connectivity index (χ2n) is 12.6. The number of benzene rings is 4. The number of hydrogen-bond donors (Lipinski definition) is 0. The van der Waals surface area contributed by atoms with Gasteiger partial charge in [-0.05, 0) is 89.8 Å². The molecular weight excluding hydrogens is 500 g/mol. The van der Waals surface area contributed by atoms with Crippen molar-refractivity contribution in [2.75, 3.05) is 0 Å². The summed E-state index contributed by atoms with van der Waals surface area (Å²) < 4.78 is 0. The number of aromatic nitrogens is 3. The molecule has 0 spiro atoms. The van der Waals surface area contributed by atoms with Crippen molar-refractivity contribution in [3.05, 3.63) is 102 Å². The van der Waals surface area contributed by atoms with E-state index in [-0.39, 0.29) is 0 Å². The van der Waals surface area contributed by atoms with Crippen molar-refractivity contribution >= 4 is 10.8 Å². The summed E-state index contributed by atoms with van der Waals surface area (Å²) in [5.41, 5.74) is 5.34. The molecular formula is C37H34N4. The predicted octanol–water partition coefficient (Wildman–Crippen LogP) is 9.00. The Balaban J connectivity index is 1.30. The third-order valence-electron chi connectivity index (χ3n) is 9.28. The van der Waals surface area contributed by atoms with Crippen LogP contribution in [0, 0.1) is 29.1 Å². The van der Waals surface area contributed by atoms with Crippen molar-refractivity contribution in [3.63, 3.8) is 0 Å². The summed E-state index contributed by atoms with van der Waals surface area (Å²) in [7, 11) is 0. The molecule has 0 saturated heterocycles. The van der Waals surface area contributed by atoms with Gasteiger partial charge in [0.2, 0.25) is 0 Å². The standard InChI is InChI=1S/C37H34N4/c1-24-16-27-17-25(2)21-37(20-24,22-27)33-14-12-29(13-15-33)35-39-34(28-6-4-3-5-7-28)40-36(41-35)32-11-10-30-18-26(23-38)8-9-31(30)19-32/h3-15,18-19,24-25,27H,16-17,20-22H2,1-2H3/t24-,25?,27?,37?/m1/s1. The molecule has 0 N–H and O–H groups in total. The molecule has 2 fully saturated rings. The van der Waals surface area contributed by atoms with E-state index in [4.69, 9.17) is 15.0 Å². The third-order valence-corrected chi connectivity index (χ3v) is 9.28. The van der Waals surface area contributed by atoms with Gasteiger partial charge in [-0.15, -0.1) is 0 Å². The van der Waals surface area contributed by atoms with Crippen molar-refractivity contribution in [1.29, 1.82) is 5.26 Å². The van der Waals surface area contributed by atoms with E-state index in [0.29, 0.717) is 28.5 Å². The van der Waals surface area contributed by atoms with E-state index in [2.05, 4.69) is 50.2 Å². The Morgan fingerprint density at radius 1 is 0.634 bits per heavy atom. The molecule has 5 aromatic rings. The van der Waals surface area contributed by atoms with Crippen molar-refractivity contribution in [2.24, 2.45) is 17.8 Å². The van der Waals surface area contributed by atoms with E-state index >= 15 is 0 Å². The molecule has 2 saturated carbocycles. The zero-order chi connectivity index (χ0) is 28.0. The zero-order valence-electron chi connectivity index (χ0n) is 23.7. The molecule has 0 radical (unpaired) electrons. The topological polar surface area (TPSA) is 62.5 Å². The highest BCUT2D eigenvalue weighted by Crippen LogP contribution is 2.54. The summed E-state index contributed by atoms with van der Waals surface area (Å²) in [6, 6.07) is 33.4.